The van der Waals surface area contributed by atoms with Gasteiger partial charge in [0.15, 0.2) is 0 Å². The van der Waals surface area contributed by atoms with Crippen molar-refractivity contribution in [2.75, 3.05) is 7.11 Å². The molecule has 1 heterocycles. The molecule has 0 radical (unpaired) electrons. The number of carbonyl (C=O) groups excluding carboxylic acids is 1. The molecule has 0 spiro atoms. The van der Waals surface area contributed by atoms with Crippen molar-refractivity contribution in [2.24, 2.45) is 0 Å². The molecule has 0 saturated heterocycles. The molecule has 0 atom stereocenters. The van der Waals surface area contributed by atoms with Gasteiger partial charge in [0.2, 0.25) is 5.78 Å². The molecular weight excluding hydrogens is 259 g/mol. The molecular formula is C15H17FN2O2. The molecule has 4 nitrogen and oxygen atoms in total. The first-order valence-electron chi connectivity index (χ1n) is 6.55. The number of hydrogen-bond donors (Lipinski definition) is 0. The zero-order valence-corrected chi connectivity index (χ0v) is 11.8. The minimum absolute atomic E-state index is 0.0306. The molecule has 0 bridgehead atoms. The van der Waals surface area contributed by atoms with Gasteiger partial charge in [-0.25, -0.2) is 4.39 Å². The summed E-state index contributed by atoms with van der Waals surface area (Å²) in [6.45, 7) is 4.43. The Labute approximate surface area is 117 Å². The summed E-state index contributed by atoms with van der Waals surface area (Å²) in [5.74, 6) is -0.562. The zero-order valence-electron chi connectivity index (χ0n) is 11.8. The molecule has 0 amide bonds. The van der Waals surface area contributed by atoms with Crippen LogP contribution in [-0.4, -0.2) is 22.7 Å². The number of benzene rings is 1. The normalized spacial score (nSPS) is 10.6. The molecule has 106 valence electrons. The summed E-state index contributed by atoms with van der Waals surface area (Å²) in [5, 5.41) is 4.31. The van der Waals surface area contributed by atoms with Crippen molar-refractivity contribution >= 4 is 5.78 Å². The van der Waals surface area contributed by atoms with Crippen molar-refractivity contribution in [3.05, 3.63) is 47.0 Å². The van der Waals surface area contributed by atoms with Gasteiger partial charge in [0.25, 0.3) is 0 Å². The van der Waals surface area contributed by atoms with Gasteiger partial charge in [-0.1, -0.05) is 6.92 Å². The molecule has 1 aromatic heterocycles. The Morgan fingerprint density at radius 1 is 1.35 bits per heavy atom. The minimum Gasteiger partial charge on any atom is -0.497 e. The van der Waals surface area contributed by atoms with Crippen LogP contribution in [0, 0.1) is 5.82 Å². The summed E-state index contributed by atoms with van der Waals surface area (Å²) < 4.78 is 20.5. The Morgan fingerprint density at radius 3 is 2.65 bits per heavy atom. The second kappa shape index (κ2) is 5.86. The molecule has 0 aliphatic carbocycles. The maximum atomic E-state index is 14.0. The summed E-state index contributed by atoms with van der Waals surface area (Å²) in [5.41, 5.74) is 1.26. The molecule has 0 saturated carbocycles. The average Bonchev–Trinajstić information content (AvgIpc) is 2.89. The predicted molar refractivity (Wildman–Crippen MR) is 73.7 cm³/mol. The van der Waals surface area contributed by atoms with Crippen LogP contribution in [0.5, 0.6) is 5.75 Å². The van der Waals surface area contributed by atoms with Crippen LogP contribution in [0.15, 0.2) is 24.3 Å². The van der Waals surface area contributed by atoms with Gasteiger partial charge in [0.05, 0.1) is 18.4 Å². The van der Waals surface area contributed by atoms with Crippen LogP contribution in [-0.2, 0) is 13.0 Å². The van der Waals surface area contributed by atoms with E-state index in [4.69, 9.17) is 4.74 Å². The monoisotopic (exact) mass is 276 g/mol. The summed E-state index contributed by atoms with van der Waals surface area (Å²) in [6, 6.07) is 5.94. The fourth-order valence-corrected chi connectivity index (χ4v) is 2.01. The highest BCUT2D eigenvalue weighted by molar-refractivity contribution is 6.08. The van der Waals surface area contributed by atoms with E-state index >= 15 is 0 Å². The van der Waals surface area contributed by atoms with E-state index in [9.17, 15) is 9.18 Å². The first-order valence-corrected chi connectivity index (χ1v) is 6.55. The van der Waals surface area contributed by atoms with Gasteiger partial charge in [-0.2, -0.15) is 5.10 Å². The molecule has 20 heavy (non-hydrogen) atoms. The van der Waals surface area contributed by atoms with Gasteiger partial charge in [-0.15, -0.1) is 0 Å². The number of nitrogens with zero attached hydrogens (tertiary/aromatic N) is 2. The lowest BCUT2D eigenvalue weighted by Crippen LogP contribution is -2.12. The number of ether oxygens (including phenoxy) is 1. The number of hydrogen-bond acceptors (Lipinski definition) is 3. The van der Waals surface area contributed by atoms with Crippen molar-refractivity contribution in [1.29, 1.82) is 0 Å². The van der Waals surface area contributed by atoms with Crippen molar-refractivity contribution in [2.45, 2.75) is 26.8 Å². The number of ketones is 1. The van der Waals surface area contributed by atoms with E-state index in [1.807, 2.05) is 13.8 Å². The fraction of sp³-hybridized carbons (Fsp3) is 0.333. The Morgan fingerprint density at radius 2 is 2.10 bits per heavy atom. The predicted octanol–water partition coefficient (Wildman–Crippen LogP) is 2.84. The third-order valence-corrected chi connectivity index (χ3v) is 3.15. The second-order valence-electron chi connectivity index (χ2n) is 4.37. The number of carbonyl (C=O) groups is 1. The number of aromatic nitrogens is 2. The van der Waals surface area contributed by atoms with Crippen LogP contribution in [0.25, 0.3) is 0 Å². The summed E-state index contributed by atoms with van der Waals surface area (Å²) in [4.78, 5) is 12.4. The van der Waals surface area contributed by atoms with E-state index in [-0.39, 0.29) is 11.3 Å². The van der Waals surface area contributed by atoms with E-state index in [1.54, 1.807) is 16.8 Å². The molecule has 0 fully saturated rings. The lowest BCUT2D eigenvalue weighted by atomic mass is 10.1. The van der Waals surface area contributed by atoms with Crippen LogP contribution in [0.1, 0.15) is 35.6 Å². The van der Waals surface area contributed by atoms with E-state index < -0.39 is 5.82 Å². The van der Waals surface area contributed by atoms with Gasteiger partial charge in [-0.3, -0.25) is 9.48 Å². The molecule has 5 heteroatoms. The average molecular weight is 276 g/mol. The Bertz CT molecular complexity index is 635. The van der Waals surface area contributed by atoms with Crippen molar-refractivity contribution < 1.29 is 13.9 Å². The lowest BCUT2D eigenvalue weighted by Gasteiger charge is -2.06. The molecule has 0 N–H and O–H groups in total. The van der Waals surface area contributed by atoms with Crippen LogP contribution >= 0.6 is 0 Å². The highest BCUT2D eigenvalue weighted by Gasteiger charge is 2.19. The van der Waals surface area contributed by atoms with Gasteiger partial charge in [0, 0.05) is 12.6 Å². The molecule has 2 aromatic rings. The Hall–Kier alpha value is -2.17. The maximum Gasteiger partial charge on any atom is 0.213 e. The Balaban J connectivity index is 2.43. The number of methoxy groups -OCH3 is 1. The zero-order chi connectivity index (χ0) is 14.7. The quantitative estimate of drug-likeness (QED) is 0.789. The maximum absolute atomic E-state index is 14.0. The Kier molecular flexibility index (Phi) is 4.17. The van der Waals surface area contributed by atoms with Gasteiger partial charge >= 0.3 is 0 Å². The molecule has 0 aliphatic rings. The third kappa shape index (κ3) is 2.57. The van der Waals surface area contributed by atoms with Crippen molar-refractivity contribution in [3.8, 4) is 5.75 Å². The second-order valence-corrected chi connectivity index (χ2v) is 4.37. The summed E-state index contributed by atoms with van der Waals surface area (Å²) >= 11 is 0. The third-order valence-electron chi connectivity index (χ3n) is 3.15. The smallest absolute Gasteiger partial charge is 0.213 e. The van der Waals surface area contributed by atoms with E-state index in [0.29, 0.717) is 18.0 Å². The number of halogens is 1. The van der Waals surface area contributed by atoms with Gasteiger partial charge in [0.1, 0.15) is 17.3 Å². The van der Waals surface area contributed by atoms with E-state index in [2.05, 4.69) is 5.10 Å². The molecule has 2 rings (SSSR count). The lowest BCUT2D eigenvalue weighted by molar-refractivity contribution is 0.102. The number of rotatable bonds is 5. The van der Waals surface area contributed by atoms with Crippen LogP contribution in [0.4, 0.5) is 4.39 Å². The SMILES string of the molecule is CCc1cc(C(=O)c2ccc(OC)cc2F)n(CC)n1. The van der Waals surface area contributed by atoms with Crippen LogP contribution in [0.2, 0.25) is 0 Å². The fourth-order valence-electron chi connectivity index (χ4n) is 2.01. The largest absolute Gasteiger partial charge is 0.497 e. The topological polar surface area (TPSA) is 44.1 Å². The molecule has 0 aliphatic heterocycles. The number of aryl methyl sites for hydroxylation is 2. The van der Waals surface area contributed by atoms with Crippen molar-refractivity contribution in [3.63, 3.8) is 0 Å². The summed E-state index contributed by atoms with van der Waals surface area (Å²) in [6.07, 6.45) is 0.734. The highest BCUT2D eigenvalue weighted by atomic mass is 19.1. The highest BCUT2D eigenvalue weighted by Crippen LogP contribution is 2.20. The molecule has 0 unspecified atom stereocenters. The van der Waals surface area contributed by atoms with Crippen LogP contribution in [0.3, 0.4) is 0 Å². The van der Waals surface area contributed by atoms with E-state index in [0.717, 1.165) is 12.1 Å². The van der Waals surface area contributed by atoms with Gasteiger partial charge < -0.3 is 4.74 Å². The van der Waals surface area contributed by atoms with Crippen molar-refractivity contribution in [1.82, 2.24) is 9.78 Å². The minimum atomic E-state index is -0.587. The molecule has 1 aromatic carbocycles. The van der Waals surface area contributed by atoms with Gasteiger partial charge in [-0.05, 0) is 31.5 Å². The van der Waals surface area contributed by atoms with Crippen LogP contribution < -0.4 is 4.74 Å². The standard InChI is InChI=1S/C15H17FN2O2/c1-4-10-8-14(18(5-2)17-10)15(19)12-7-6-11(20-3)9-13(12)16/h6-9H,4-5H2,1-3H3. The first-order chi connectivity index (χ1) is 9.60. The first kappa shape index (κ1) is 14.2. The summed E-state index contributed by atoms with van der Waals surface area (Å²) in [7, 11) is 1.45. The van der Waals surface area contributed by atoms with E-state index in [1.165, 1.54) is 19.2 Å².